The number of nitrogens with zero attached hydrogens (tertiary/aromatic N) is 1. The molecule has 1 atom stereocenters. The molecule has 1 aliphatic heterocycles. The van der Waals surface area contributed by atoms with Crippen LogP contribution in [0.2, 0.25) is 0 Å². The highest BCUT2D eigenvalue weighted by atomic mass is 16.5. The molecule has 1 heterocycles. The highest BCUT2D eigenvalue weighted by molar-refractivity contribution is 5.59. The third kappa shape index (κ3) is 2.78. The molecule has 0 aromatic heterocycles. The van der Waals surface area contributed by atoms with Gasteiger partial charge in [-0.15, -0.1) is 0 Å². The molecule has 0 saturated heterocycles. The van der Waals surface area contributed by atoms with Crippen molar-refractivity contribution in [3.05, 3.63) is 24.3 Å². The van der Waals surface area contributed by atoms with Gasteiger partial charge in [0.1, 0.15) is 5.75 Å². The number of rotatable bonds is 3. The van der Waals surface area contributed by atoms with E-state index in [0.717, 1.165) is 37.8 Å². The average Bonchev–Trinajstić information content (AvgIpc) is 2.72. The Morgan fingerprint density at radius 3 is 2.75 bits per heavy atom. The van der Waals surface area contributed by atoms with Crippen LogP contribution in [0.1, 0.15) is 38.5 Å². The van der Waals surface area contributed by atoms with Crippen molar-refractivity contribution < 1.29 is 4.74 Å². The van der Waals surface area contributed by atoms with Gasteiger partial charge in [-0.05, 0) is 37.3 Å². The molecule has 1 aliphatic carbocycles. The molecule has 0 radical (unpaired) electrons. The standard InChI is InChI=1S/C17H26N2O/c18-13-16(14-7-2-1-3-8-14)19-11-6-12-20-17-10-5-4-9-15(17)19/h4-5,9-10,14,16H,1-3,6-8,11-13,18H2. The first kappa shape index (κ1) is 13.7. The summed E-state index contributed by atoms with van der Waals surface area (Å²) < 4.78 is 5.88. The Morgan fingerprint density at radius 1 is 1.15 bits per heavy atom. The van der Waals surface area contributed by atoms with Crippen LogP contribution in [0.25, 0.3) is 0 Å². The van der Waals surface area contributed by atoms with Gasteiger partial charge in [-0.3, -0.25) is 0 Å². The lowest BCUT2D eigenvalue weighted by Crippen LogP contribution is -2.46. The lowest BCUT2D eigenvalue weighted by molar-refractivity contribution is 0.294. The number of nitrogens with two attached hydrogens (primary N) is 1. The van der Waals surface area contributed by atoms with Crippen LogP contribution in [0.5, 0.6) is 5.75 Å². The van der Waals surface area contributed by atoms with E-state index in [1.807, 2.05) is 0 Å². The summed E-state index contributed by atoms with van der Waals surface area (Å²) in [6.45, 7) is 2.63. The maximum absolute atomic E-state index is 6.16. The van der Waals surface area contributed by atoms with Gasteiger partial charge >= 0.3 is 0 Å². The van der Waals surface area contributed by atoms with Crippen molar-refractivity contribution >= 4 is 5.69 Å². The van der Waals surface area contributed by atoms with Crippen LogP contribution < -0.4 is 15.4 Å². The van der Waals surface area contributed by atoms with E-state index >= 15 is 0 Å². The Balaban J connectivity index is 1.86. The van der Waals surface area contributed by atoms with Crippen molar-refractivity contribution in [1.82, 2.24) is 0 Å². The first-order valence-electron chi connectivity index (χ1n) is 8.08. The molecule has 3 heteroatoms. The maximum atomic E-state index is 6.16. The first-order valence-corrected chi connectivity index (χ1v) is 8.08. The first-order chi connectivity index (χ1) is 9.90. The van der Waals surface area contributed by atoms with Crippen LogP contribution in [-0.4, -0.2) is 25.7 Å². The molecule has 0 spiro atoms. The Morgan fingerprint density at radius 2 is 1.95 bits per heavy atom. The van der Waals surface area contributed by atoms with Crippen LogP contribution >= 0.6 is 0 Å². The summed E-state index contributed by atoms with van der Waals surface area (Å²) in [5.74, 6) is 1.78. The van der Waals surface area contributed by atoms with E-state index in [1.54, 1.807) is 0 Å². The zero-order valence-corrected chi connectivity index (χ0v) is 12.3. The molecule has 2 N–H and O–H groups in total. The fraction of sp³-hybridized carbons (Fsp3) is 0.647. The number of anilines is 1. The predicted octanol–water partition coefficient (Wildman–Crippen LogP) is 3.18. The van der Waals surface area contributed by atoms with Crippen LogP contribution in [0.15, 0.2) is 24.3 Å². The summed E-state index contributed by atoms with van der Waals surface area (Å²) >= 11 is 0. The Kier molecular flexibility index (Phi) is 4.46. The van der Waals surface area contributed by atoms with Crippen molar-refractivity contribution in [2.24, 2.45) is 11.7 Å². The molecule has 1 unspecified atom stereocenters. The number of hydrogen-bond acceptors (Lipinski definition) is 3. The summed E-state index contributed by atoms with van der Waals surface area (Å²) in [5.41, 5.74) is 7.40. The number of hydrogen-bond donors (Lipinski definition) is 1. The summed E-state index contributed by atoms with van der Waals surface area (Å²) in [4.78, 5) is 2.53. The van der Waals surface area contributed by atoms with Crippen LogP contribution in [0.4, 0.5) is 5.69 Å². The summed E-state index contributed by atoms with van der Waals surface area (Å²) in [5, 5.41) is 0. The molecule has 3 nitrogen and oxygen atoms in total. The molecular weight excluding hydrogens is 248 g/mol. The summed E-state index contributed by atoms with van der Waals surface area (Å²) in [7, 11) is 0. The van der Waals surface area contributed by atoms with E-state index in [0.29, 0.717) is 6.04 Å². The van der Waals surface area contributed by atoms with E-state index in [4.69, 9.17) is 10.5 Å². The number of para-hydroxylation sites is 2. The maximum Gasteiger partial charge on any atom is 0.142 e. The molecule has 2 aliphatic rings. The van der Waals surface area contributed by atoms with Crippen molar-refractivity contribution in [2.75, 3.05) is 24.6 Å². The number of benzene rings is 1. The quantitative estimate of drug-likeness (QED) is 0.920. The molecular formula is C17H26N2O. The van der Waals surface area contributed by atoms with Crippen LogP contribution in [0, 0.1) is 5.92 Å². The monoisotopic (exact) mass is 274 g/mol. The topological polar surface area (TPSA) is 38.5 Å². The smallest absolute Gasteiger partial charge is 0.142 e. The van der Waals surface area contributed by atoms with Gasteiger partial charge in [-0.25, -0.2) is 0 Å². The van der Waals surface area contributed by atoms with Crippen molar-refractivity contribution in [1.29, 1.82) is 0 Å². The largest absolute Gasteiger partial charge is 0.491 e. The van der Waals surface area contributed by atoms with Gasteiger partial charge in [-0.2, -0.15) is 0 Å². The fourth-order valence-corrected chi connectivity index (χ4v) is 3.79. The van der Waals surface area contributed by atoms with Gasteiger partial charge in [0.15, 0.2) is 0 Å². The molecule has 20 heavy (non-hydrogen) atoms. The fourth-order valence-electron chi connectivity index (χ4n) is 3.79. The summed E-state index contributed by atoms with van der Waals surface area (Å²) in [6.07, 6.45) is 7.88. The van der Waals surface area contributed by atoms with Crippen molar-refractivity contribution in [2.45, 2.75) is 44.6 Å². The molecule has 0 bridgehead atoms. The Bertz CT molecular complexity index is 429. The zero-order valence-electron chi connectivity index (χ0n) is 12.3. The number of fused-ring (bicyclic) bond motifs is 1. The van der Waals surface area contributed by atoms with Gasteiger partial charge in [0.05, 0.1) is 12.3 Å². The molecule has 110 valence electrons. The lowest BCUT2D eigenvalue weighted by atomic mass is 9.83. The molecule has 1 fully saturated rings. The van der Waals surface area contributed by atoms with Crippen molar-refractivity contribution in [3.8, 4) is 5.75 Å². The van der Waals surface area contributed by atoms with Gasteiger partial charge in [-0.1, -0.05) is 31.4 Å². The SMILES string of the molecule is NCC(C1CCCCC1)N1CCCOc2ccccc21. The summed E-state index contributed by atoms with van der Waals surface area (Å²) in [6, 6.07) is 8.90. The second-order valence-corrected chi connectivity index (χ2v) is 6.06. The van der Waals surface area contributed by atoms with Crippen LogP contribution in [0.3, 0.4) is 0 Å². The van der Waals surface area contributed by atoms with Gasteiger partial charge in [0, 0.05) is 19.1 Å². The normalized spacial score (nSPS) is 21.8. The van der Waals surface area contributed by atoms with Gasteiger partial charge in [0.25, 0.3) is 0 Å². The zero-order chi connectivity index (χ0) is 13.8. The molecule has 1 saturated carbocycles. The third-order valence-electron chi connectivity index (χ3n) is 4.81. The van der Waals surface area contributed by atoms with E-state index < -0.39 is 0 Å². The highest BCUT2D eigenvalue weighted by Gasteiger charge is 2.30. The predicted molar refractivity (Wildman–Crippen MR) is 83.3 cm³/mol. The van der Waals surface area contributed by atoms with E-state index in [-0.39, 0.29) is 0 Å². The van der Waals surface area contributed by atoms with Crippen molar-refractivity contribution in [3.63, 3.8) is 0 Å². The minimum Gasteiger partial charge on any atom is -0.491 e. The van der Waals surface area contributed by atoms with Gasteiger partial charge in [0.2, 0.25) is 0 Å². The molecule has 1 aromatic carbocycles. The van der Waals surface area contributed by atoms with E-state index in [9.17, 15) is 0 Å². The van der Waals surface area contributed by atoms with Gasteiger partial charge < -0.3 is 15.4 Å². The van der Waals surface area contributed by atoms with Crippen LogP contribution in [-0.2, 0) is 0 Å². The molecule has 3 rings (SSSR count). The molecule has 0 amide bonds. The van der Waals surface area contributed by atoms with E-state index in [2.05, 4.69) is 29.2 Å². The minimum absolute atomic E-state index is 0.471. The van der Waals surface area contributed by atoms with E-state index in [1.165, 1.54) is 37.8 Å². The minimum atomic E-state index is 0.471. The lowest BCUT2D eigenvalue weighted by Gasteiger charge is -2.39. The second-order valence-electron chi connectivity index (χ2n) is 6.06. The second kappa shape index (κ2) is 6.49. The Hall–Kier alpha value is -1.22. The number of ether oxygens (including phenoxy) is 1. The molecule has 1 aromatic rings. The Labute approximate surface area is 122 Å². The highest BCUT2D eigenvalue weighted by Crippen LogP contribution is 2.36. The third-order valence-corrected chi connectivity index (χ3v) is 4.81. The average molecular weight is 274 g/mol.